The van der Waals surface area contributed by atoms with Crippen molar-refractivity contribution in [1.29, 1.82) is 0 Å². The topological polar surface area (TPSA) is 89.3 Å². The number of rotatable bonds is 9. The van der Waals surface area contributed by atoms with Gasteiger partial charge in [0.1, 0.15) is 5.75 Å². The van der Waals surface area contributed by atoms with Gasteiger partial charge in [0, 0.05) is 16.8 Å². The fraction of sp³-hybridized carbons (Fsp3) is 0.348. The van der Waals surface area contributed by atoms with Gasteiger partial charge in [-0.3, -0.25) is 4.79 Å². The molecule has 31 heavy (non-hydrogen) atoms. The number of halogens is 1. The Labute approximate surface area is 187 Å². The van der Waals surface area contributed by atoms with Crippen molar-refractivity contribution >= 4 is 23.2 Å². The number of hydrogen-bond acceptors (Lipinski definition) is 6. The van der Waals surface area contributed by atoms with Gasteiger partial charge in [-0.15, -0.1) is 0 Å². The number of amides is 1. The Morgan fingerprint density at radius 3 is 2.55 bits per heavy atom. The number of benzene rings is 2. The lowest BCUT2D eigenvalue weighted by Crippen LogP contribution is -2.42. The lowest BCUT2D eigenvalue weighted by molar-refractivity contribution is 0.0911. The summed E-state index contributed by atoms with van der Waals surface area (Å²) in [5.74, 6) is 1.54. The lowest BCUT2D eigenvalue weighted by Gasteiger charge is -2.24. The third-order valence-corrected chi connectivity index (χ3v) is 5.20. The second-order valence-electron chi connectivity index (χ2n) is 7.71. The van der Waals surface area contributed by atoms with Crippen molar-refractivity contribution in [1.82, 2.24) is 15.5 Å². The van der Waals surface area contributed by atoms with Crippen molar-refractivity contribution in [3.8, 4) is 17.1 Å². The van der Waals surface area contributed by atoms with Crippen LogP contribution in [0.2, 0.25) is 5.02 Å². The summed E-state index contributed by atoms with van der Waals surface area (Å²) in [7, 11) is 0. The van der Waals surface area contributed by atoms with Crippen LogP contribution in [0.3, 0.4) is 0 Å². The SMILES string of the molecule is CCOc1ccc(-c2noc(CNc3ccc(C(=O)NC(C)(C)CC)c(Cl)c3)n2)cc1. The first-order chi connectivity index (χ1) is 14.8. The van der Waals surface area contributed by atoms with Gasteiger partial charge >= 0.3 is 0 Å². The number of hydrogen-bond donors (Lipinski definition) is 2. The molecule has 0 fully saturated rings. The molecule has 1 aromatic heterocycles. The molecular formula is C23H27ClN4O3. The first kappa shape index (κ1) is 22.6. The lowest BCUT2D eigenvalue weighted by atomic mass is 10.0. The Morgan fingerprint density at radius 2 is 1.90 bits per heavy atom. The van der Waals surface area contributed by atoms with E-state index in [1.165, 1.54) is 0 Å². The number of nitrogens with one attached hydrogen (secondary N) is 2. The van der Waals surface area contributed by atoms with Gasteiger partial charge in [0.05, 0.1) is 23.7 Å². The summed E-state index contributed by atoms with van der Waals surface area (Å²) in [5, 5.41) is 10.6. The highest BCUT2D eigenvalue weighted by Gasteiger charge is 2.20. The summed E-state index contributed by atoms with van der Waals surface area (Å²) in [6, 6.07) is 12.7. The number of anilines is 1. The molecule has 0 aliphatic heterocycles. The van der Waals surface area contributed by atoms with E-state index in [1.807, 2.05) is 52.0 Å². The number of carbonyl (C=O) groups is 1. The molecule has 8 heteroatoms. The second-order valence-corrected chi connectivity index (χ2v) is 8.12. The number of aromatic nitrogens is 2. The average Bonchev–Trinajstić information content (AvgIpc) is 3.22. The Bertz CT molecular complexity index is 1030. The van der Waals surface area contributed by atoms with Crippen LogP contribution in [0.5, 0.6) is 5.75 Å². The van der Waals surface area contributed by atoms with Crippen LogP contribution in [0, 0.1) is 0 Å². The maximum Gasteiger partial charge on any atom is 0.253 e. The third-order valence-electron chi connectivity index (χ3n) is 4.88. The second kappa shape index (κ2) is 9.83. The van der Waals surface area contributed by atoms with Gasteiger partial charge in [0.25, 0.3) is 5.91 Å². The number of nitrogens with zero attached hydrogens (tertiary/aromatic N) is 2. The Balaban J connectivity index is 1.61. The largest absolute Gasteiger partial charge is 0.494 e. The molecular weight excluding hydrogens is 416 g/mol. The van der Waals surface area contributed by atoms with E-state index >= 15 is 0 Å². The Hall–Kier alpha value is -3.06. The van der Waals surface area contributed by atoms with Crippen LogP contribution in [-0.4, -0.2) is 28.2 Å². The van der Waals surface area contributed by atoms with Crippen molar-refractivity contribution in [3.63, 3.8) is 0 Å². The zero-order valence-corrected chi connectivity index (χ0v) is 18.9. The Kier molecular flexibility index (Phi) is 7.17. The molecule has 0 bridgehead atoms. The summed E-state index contributed by atoms with van der Waals surface area (Å²) in [6.07, 6.45) is 0.818. The summed E-state index contributed by atoms with van der Waals surface area (Å²) < 4.78 is 10.8. The van der Waals surface area contributed by atoms with Crippen molar-refractivity contribution < 1.29 is 14.1 Å². The highest BCUT2D eigenvalue weighted by molar-refractivity contribution is 6.34. The van der Waals surface area contributed by atoms with Crippen LogP contribution in [0.15, 0.2) is 47.0 Å². The number of ether oxygens (including phenoxy) is 1. The van der Waals surface area contributed by atoms with E-state index in [2.05, 4.69) is 20.8 Å². The molecule has 7 nitrogen and oxygen atoms in total. The monoisotopic (exact) mass is 442 g/mol. The van der Waals surface area contributed by atoms with Gasteiger partial charge in [0.15, 0.2) is 0 Å². The molecule has 3 aromatic rings. The van der Waals surface area contributed by atoms with E-state index in [-0.39, 0.29) is 11.4 Å². The summed E-state index contributed by atoms with van der Waals surface area (Å²) in [5.41, 5.74) is 1.73. The van der Waals surface area contributed by atoms with Crippen molar-refractivity contribution in [3.05, 3.63) is 58.9 Å². The van der Waals surface area contributed by atoms with Crippen LogP contribution in [0.4, 0.5) is 5.69 Å². The van der Waals surface area contributed by atoms with Gasteiger partial charge in [-0.25, -0.2) is 0 Å². The smallest absolute Gasteiger partial charge is 0.253 e. The van der Waals surface area contributed by atoms with Crippen LogP contribution in [0.25, 0.3) is 11.4 Å². The maximum atomic E-state index is 12.5. The minimum Gasteiger partial charge on any atom is -0.494 e. The van der Waals surface area contributed by atoms with Crippen LogP contribution >= 0.6 is 11.6 Å². The first-order valence-electron chi connectivity index (χ1n) is 10.2. The quantitative estimate of drug-likeness (QED) is 0.466. The van der Waals surface area contributed by atoms with Crippen LogP contribution < -0.4 is 15.4 Å². The van der Waals surface area contributed by atoms with Gasteiger partial charge in [-0.1, -0.05) is 23.7 Å². The zero-order chi connectivity index (χ0) is 22.4. The average molecular weight is 443 g/mol. The zero-order valence-electron chi connectivity index (χ0n) is 18.2. The molecule has 2 aromatic carbocycles. The first-order valence-corrected chi connectivity index (χ1v) is 10.6. The third kappa shape index (κ3) is 5.98. The summed E-state index contributed by atoms with van der Waals surface area (Å²) >= 11 is 6.33. The van der Waals surface area contributed by atoms with Crippen LogP contribution in [0.1, 0.15) is 50.4 Å². The van der Waals surface area contributed by atoms with E-state index in [1.54, 1.807) is 18.2 Å². The molecule has 164 valence electrons. The van der Waals surface area contributed by atoms with Crippen molar-refractivity contribution in [2.75, 3.05) is 11.9 Å². The van der Waals surface area contributed by atoms with Gasteiger partial charge in [0.2, 0.25) is 11.7 Å². The molecule has 0 unspecified atom stereocenters. The number of carbonyl (C=O) groups excluding carboxylic acids is 1. The molecule has 0 aliphatic rings. The molecule has 0 saturated heterocycles. The fourth-order valence-electron chi connectivity index (χ4n) is 2.76. The normalized spacial score (nSPS) is 11.3. The highest BCUT2D eigenvalue weighted by atomic mass is 35.5. The van der Waals surface area contributed by atoms with E-state index in [4.69, 9.17) is 20.9 Å². The molecule has 2 N–H and O–H groups in total. The van der Waals surface area contributed by atoms with Gasteiger partial charge in [-0.05, 0) is 69.7 Å². The van der Waals surface area contributed by atoms with Crippen LogP contribution in [-0.2, 0) is 6.54 Å². The Morgan fingerprint density at radius 1 is 1.16 bits per heavy atom. The summed E-state index contributed by atoms with van der Waals surface area (Å²) in [4.78, 5) is 16.9. The minimum atomic E-state index is -0.295. The van der Waals surface area contributed by atoms with Crippen molar-refractivity contribution in [2.24, 2.45) is 0 Å². The fourth-order valence-corrected chi connectivity index (χ4v) is 3.03. The maximum absolute atomic E-state index is 12.5. The van der Waals surface area contributed by atoms with Gasteiger partial charge in [-0.2, -0.15) is 4.98 Å². The minimum absolute atomic E-state index is 0.194. The van der Waals surface area contributed by atoms with E-state index in [0.717, 1.165) is 23.4 Å². The predicted molar refractivity (Wildman–Crippen MR) is 122 cm³/mol. The molecule has 1 heterocycles. The van der Waals surface area contributed by atoms with E-state index in [9.17, 15) is 4.79 Å². The molecule has 0 radical (unpaired) electrons. The van der Waals surface area contributed by atoms with E-state index in [0.29, 0.717) is 35.5 Å². The van der Waals surface area contributed by atoms with E-state index < -0.39 is 0 Å². The highest BCUT2D eigenvalue weighted by Crippen LogP contribution is 2.23. The molecule has 3 rings (SSSR count). The standard InChI is InChI=1S/C23H27ClN4O3/c1-5-23(3,4)27-22(29)18-12-9-16(13-19(18)24)25-14-20-26-21(28-31-20)15-7-10-17(11-8-15)30-6-2/h7-13,25H,5-6,14H2,1-4H3,(H,27,29). The molecule has 0 saturated carbocycles. The molecule has 1 amide bonds. The van der Waals surface area contributed by atoms with Gasteiger partial charge < -0.3 is 19.9 Å². The van der Waals surface area contributed by atoms with Crippen molar-refractivity contribution in [2.45, 2.75) is 46.2 Å². The molecule has 0 spiro atoms. The molecule has 0 aliphatic carbocycles. The summed E-state index contributed by atoms with van der Waals surface area (Å²) in [6.45, 7) is 8.85. The molecule has 0 atom stereocenters. The predicted octanol–water partition coefficient (Wildman–Crippen LogP) is 5.32.